The Kier molecular flexibility index (Phi) is 9.85. The number of hydrogen-bond donors (Lipinski definition) is 3. The zero-order chi connectivity index (χ0) is 28.3. The highest BCUT2D eigenvalue weighted by atomic mass is 79.9. The van der Waals surface area contributed by atoms with Crippen molar-refractivity contribution in [1.82, 2.24) is 14.6 Å². The number of ether oxygens (including phenoxy) is 3. The predicted octanol–water partition coefficient (Wildman–Crippen LogP) is 2.27. The van der Waals surface area contributed by atoms with Gasteiger partial charge in [-0.15, -0.1) is 0 Å². The summed E-state index contributed by atoms with van der Waals surface area (Å²) in [5.41, 5.74) is -1.46. The standard InChI is InChI=1S/C22H28BrClN3O10P/c1-12(2)35-19(30)13(3)26-38(32,37-15-7-5-6-14(10-15)33-4)34-11-16-18(29)22(23,24)20(36-16)27-9-8-17(28)25-21(27)31/h5-10,12-13,16,18,20,29H,11H2,1-4H3,(H,26,32)(H,25,28,31)/t13-,16+,18+,20+,22-,38?/m0/s1. The van der Waals surface area contributed by atoms with Gasteiger partial charge >= 0.3 is 19.4 Å². The van der Waals surface area contributed by atoms with Gasteiger partial charge in [-0.05, 0) is 32.9 Å². The molecule has 3 N–H and O–H groups in total. The van der Waals surface area contributed by atoms with Crippen LogP contribution in [0.15, 0.2) is 46.1 Å². The first-order chi connectivity index (χ1) is 17.8. The summed E-state index contributed by atoms with van der Waals surface area (Å²) in [6, 6.07) is 6.16. The maximum atomic E-state index is 13.8. The van der Waals surface area contributed by atoms with E-state index in [1.54, 1.807) is 26.0 Å². The normalized spacial score (nSPS) is 25.5. The Hall–Kier alpha value is -2.19. The van der Waals surface area contributed by atoms with Crippen molar-refractivity contribution in [3.8, 4) is 11.5 Å². The predicted molar refractivity (Wildman–Crippen MR) is 140 cm³/mol. The summed E-state index contributed by atoms with van der Waals surface area (Å²) in [6.07, 6.45) is -3.26. The number of esters is 1. The fraction of sp³-hybridized carbons (Fsp3) is 0.500. The molecule has 1 saturated heterocycles. The van der Waals surface area contributed by atoms with Crippen molar-refractivity contribution in [2.45, 2.75) is 55.1 Å². The highest BCUT2D eigenvalue weighted by molar-refractivity contribution is 9.10. The summed E-state index contributed by atoms with van der Waals surface area (Å²) in [6.45, 7) is 4.19. The average molecular weight is 641 g/mol. The van der Waals surface area contributed by atoms with E-state index in [0.29, 0.717) is 5.75 Å². The zero-order valence-electron chi connectivity index (χ0n) is 20.8. The third kappa shape index (κ3) is 7.26. The molecule has 0 aliphatic carbocycles. The number of nitrogens with zero attached hydrogens (tertiary/aromatic N) is 1. The van der Waals surface area contributed by atoms with E-state index in [-0.39, 0.29) is 5.75 Å². The van der Waals surface area contributed by atoms with Crippen LogP contribution in [-0.4, -0.2) is 62.5 Å². The number of carbonyl (C=O) groups is 1. The molecule has 1 aliphatic heterocycles. The van der Waals surface area contributed by atoms with Crippen molar-refractivity contribution in [3.05, 3.63) is 57.4 Å². The van der Waals surface area contributed by atoms with Crippen molar-refractivity contribution in [2.24, 2.45) is 0 Å². The van der Waals surface area contributed by atoms with Crippen LogP contribution < -0.4 is 25.6 Å². The van der Waals surface area contributed by atoms with Gasteiger partial charge in [0.05, 0.1) is 19.8 Å². The van der Waals surface area contributed by atoms with Crippen molar-refractivity contribution in [3.63, 3.8) is 0 Å². The molecular weight excluding hydrogens is 613 g/mol. The minimum atomic E-state index is -4.33. The fourth-order valence-corrected chi connectivity index (χ4v) is 5.81. The molecular formula is C22H28BrClN3O10P. The van der Waals surface area contributed by atoms with Crippen LogP contribution in [-0.2, 0) is 23.4 Å². The topological polar surface area (TPSA) is 167 Å². The number of nitrogens with one attached hydrogen (secondary N) is 2. The van der Waals surface area contributed by atoms with Crippen LogP contribution in [0.5, 0.6) is 11.5 Å². The first-order valence-electron chi connectivity index (χ1n) is 11.3. The summed E-state index contributed by atoms with van der Waals surface area (Å²) in [7, 11) is -2.88. The number of aliphatic hydroxyl groups is 1. The Morgan fingerprint density at radius 3 is 2.63 bits per heavy atom. The van der Waals surface area contributed by atoms with Gasteiger partial charge in [-0.3, -0.25) is 23.7 Å². The molecule has 1 aromatic carbocycles. The molecule has 13 nitrogen and oxygen atoms in total. The molecule has 0 bridgehead atoms. The van der Waals surface area contributed by atoms with Crippen molar-refractivity contribution >= 4 is 41.2 Å². The van der Waals surface area contributed by atoms with Crippen molar-refractivity contribution in [1.29, 1.82) is 0 Å². The number of benzene rings is 1. The van der Waals surface area contributed by atoms with Gasteiger partial charge in [-0.25, -0.2) is 9.36 Å². The number of aromatic amines is 1. The minimum Gasteiger partial charge on any atom is -0.497 e. The van der Waals surface area contributed by atoms with Crippen LogP contribution in [0.2, 0.25) is 0 Å². The Morgan fingerprint density at radius 2 is 2.00 bits per heavy atom. The highest BCUT2D eigenvalue weighted by Crippen LogP contribution is 2.50. The van der Waals surface area contributed by atoms with Gasteiger partial charge in [0, 0.05) is 18.3 Å². The zero-order valence-corrected chi connectivity index (χ0v) is 24.1. The Bertz CT molecular complexity index is 1300. The van der Waals surface area contributed by atoms with E-state index in [2.05, 4.69) is 26.0 Å². The Balaban J connectivity index is 1.83. The summed E-state index contributed by atoms with van der Waals surface area (Å²) in [4.78, 5) is 38.1. The molecule has 6 atom stereocenters. The Labute approximate surface area is 231 Å². The van der Waals surface area contributed by atoms with Crippen LogP contribution >= 0.6 is 35.3 Å². The molecule has 2 heterocycles. The highest BCUT2D eigenvalue weighted by Gasteiger charge is 2.55. The van der Waals surface area contributed by atoms with Gasteiger partial charge in [-0.1, -0.05) is 33.6 Å². The van der Waals surface area contributed by atoms with E-state index in [0.717, 1.165) is 16.8 Å². The molecule has 2 aromatic rings. The van der Waals surface area contributed by atoms with Gasteiger partial charge in [0.25, 0.3) is 5.56 Å². The van der Waals surface area contributed by atoms with E-state index in [1.165, 1.54) is 26.2 Å². The molecule has 1 fully saturated rings. The number of carbonyl (C=O) groups excluding carboxylic acids is 1. The van der Waals surface area contributed by atoms with Crippen molar-refractivity contribution < 1.29 is 37.7 Å². The molecule has 210 valence electrons. The smallest absolute Gasteiger partial charge is 0.459 e. The number of methoxy groups -OCH3 is 1. The van der Waals surface area contributed by atoms with Crippen LogP contribution in [0.1, 0.15) is 27.0 Å². The molecule has 1 aliphatic rings. The molecule has 0 amide bonds. The maximum absolute atomic E-state index is 13.8. The number of alkyl halides is 2. The number of rotatable bonds is 11. The molecule has 1 aromatic heterocycles. The minimum absolute atomic E-state index is 0.0994. The van der Waals surface area contributed by atoms with Crippen LogP contribution in [0.25, 0.3) is 0 Å². The van der Waals surface area contributed by atoms with Crippen LogP contribution in [0.4, 0.5) is 0 Å². The third-order valence-electron chi connectivity index (χ3n) is 5.22. The van der Waals surface area contributed by atoms with Gasteiger partial charge in [0.2, 0.25) is 0 Å². The largest absolute Gasteiger partial charge is 0.497 e. The summed E-state index contributed by atoms with van der Waals surface area (Å²) in [5.74, 6) is -0.188. The summed E-state index contributed by atoms with van der Waals surface area (Å²) in [5, 5.41) is 13.3. The molecule has 16 heteroatoms. The third-order valence-corrected chi connectivity index (χ3v) is 8.13. The molecule has 0 spiro atoms. The monoisotopic (exact) mass is 639 g/mol. The molecule has 3 rings (SSSR count). The molecule has 38 heavy (non-hydrogen) atoms. The second-order valence-electron chi connectivity index (χ2n) is 8.56. The second-order valence-corrected chi connectivity index (χ2v) is 12.7. The average Bonchev–Trinajstić information content (AvgIpc) is 3.06. The number of aromatic nitrogens is 2. The number of hydrogen-bond acceptors (Lipinski definition) is 10. The van der Waals surface area contributed by atoms with E-state index in [4.69, 9.17) is 34.9 Å². The van der Waals surface area contributed by atoms with Crippen LogP contribution in [0, 0.1) is 0 Å². The summed E-state index contributed by atoms with van der Waals surface area (Å²) < 4.78 is 40.3. The van der Waals surface area contributed by atoms with E-state index < -0.39 is 65.9 Å². The molecule has 1 unspecified atom stereocenters. The van der Waals surface area contributed by atoms with E-state index in [1.807, 2.05) is 0 Å². The van der Waals surface area contributed by atoms with Gasteiger partial charge in [-0.2, -0.15) is 5.09 Å². The second kappa shape index (κ2) is 12.3. The summed E-state index contributed by atoms with van der Waals surface area (Å²) >= 11 is 9.62. The van der Waals surface area contributed by atoms with Gasteiger partial charge in [0.15, 0.2) is 10.0 Å². The number of aliphatic hydroxyl groups excluding tert-OH is 1. The molecule has 0 saturated carbocycles. The maximum Gasteiger partial charge on any atom is 0.459 e. The first kappa shape index (κ1) is 30.4. The van der Waals surface area contributed by atoms with E-state index in [9.17, 15) is 24.1 Å². The first-order valence-corrected chi connectivity index (χ1v) is 14.1. The fourth-order valence-electron chi connectivity index (χ4n) is 3.40. The lowest BCUT2D eigenvalue weighted by molar-refractivity contribution is -0.149. The van der Waals surface area contributed by atoms with Gasteiger partial charge in [0.1, 0.15) is 29.7 Å². The SMILES string of the molecule is COc1cccc(OP(=O)(N[C@@H](C)C(=O)OC(C)C)OC[C@H]2O[C@@H](n3ccc(=O)[nH]c3=O)[C@](Cl)(Br)[C@@H]2O)c1. The van der Waals surface area contributed by atoms with Gasteiger partial charge < -0.3 is 23.8 Å². The quantitative estimate of drug-likeness (QED) is 0.187. The van der Waals surface area contributed by atoms with Crippen LogP contribution in [0.3, 0.4) is 0 Å². The lowest BCUT2D eigenvalue weighted by Gasteiger charge is -2.25. The van der Waals surface area contributed by atoms with E-state index >= 15 is 0 Å². The molecule has 0 radical (unpaired) electrons. The van der Waals surface area contributed by atoms with Crippen molar-refractivity contribution in [2.75, 3.05) is 13.7 Å². The number of halogens is 2. The lowest BCUT2D eigenvalue weighted by atomic mass is 10.2. The Morgan fingerprint density at radius 1 is 1.32 bits per heavy atom. The lowest BCUT2D eigenvalue weighted by Crippen LogP contribution is -2.41. The number of H-pyrrole nitrogens is 1.